The zero-order valence-corrected chi connectivity index (χ0v) is 9.52. The van der Waals surface area contributed by atoms with Gasteiger partial charge < -0.3 is 9.84 Å². The van der Waals surface area contributed by atoms with Crippen LogP contribution in [0.25, 0.3) is 0 Å². The minimum atomic E-state index is -3.48. The van der Waals surface area contributed by atoms with Gasteiger partial charge in [-0.1, -0.05) is 0 Å². The Morgan fingerprint density at radius 3 is 2.50 bits per heavy atom. The molecule has 0 aromatic carbocycles. The molecule has 86 valence electrons. The van der Waals surface area contributed by atoms with E-state index in [1.807, 2.05) is 0 Å². The molecule has 7 heteroatoms. The second kappa shape index (κ2) is 5.62. The lowest BCUT2D eigenvalue weighted by molar-refractivity contribution is 0.0291. The zero-order valence-electron chi connectivity index (χ0n) is 8.70. The Hall–Kier alpha value is -0.210. The van der Waals surface area contributed by atoms with Crippen LogP contribution in [0.5, 0.6) is 0 Å². The molecule has 0 bridgehead atoms. The normalized spacial score (nSPS) is 16.6. The van der Waals surface area contributed by atoms with Crippen LogP contribution in [0.15, 0.2) is 0 Å². The predicted molar refractivity (Wildman–Crippen MR) is 53.1 cm³/mol. The Labute approximate surface area is 84.8 Å². The first-order valence-corrected chi connectivity index (χ1v) is 5.71. The molecule has 6 nitrogen and oxygen atoms in total. The number of methoxy groups -OCH3 is 1. The van der Waals surface area contributed by atoms with Crippen LogP contribution in [-0.2, 0) is 14.9 Å². The molecule has 0 aromatic heterocycles. The number of aliphatic hydroxyl groups is 1. The van der Waals surface area contributed by atoms with E-state index in [-0.39, 0.29) is 6.54 Å². The average molecular weight is 226 g/mol. The van der Waals surface area contributed by atoms with Crippen LogP contribution < -0.4 is 9.44 Å². The highest BCUT2D eigenvalue weighted by Crippen LogP contribution is 2.07. The monoisotopic (exact) mass is 226 g/mol. The van der Waals surface area contributed by atoms with Crippen molar-refractivity contribution in [1.82, 2.24) is 9.44 Å². The third-order valence-electron chi connectivity index (χ3n) is 1.76. The fourth-order valence-corrected chi connectivity index (χ4v) is 1.38. The van der Waals surface area contributed by atoms with Crippen molar-refractivity contribution in [3.05, 3.63) is 0 Å². The van der Waals surface area contributed by atoms with Gasteiger partial charge in [0.1, 0.15) is 0 Å². The highest BCUT2D eigenvalue weighted by Gasteiger charge is 2.22. The van der Waals surface area contributed by atoms with Crippen molar-refractivity contribution in [2.45, 2.75) is 18.9 Å². The van der Waals surface area contributed by atoms with E-state index in [2.05, 4.69) is 9.44 Å². The van der Waals surface area contributed by atoms with Gasteiger partial charge in [0.2, 0.25) is 0 Å². The van der Waals surface area contributed by atoms with Gasteiger partial charge in [-0.3, -0.25) is 0 Å². The summed E-state index contributed by atoms with van der Waals surface area (Å²) in [6.45, 7) is 1.89. The molecule has 0 aliphatic rings. The SMILES string of the molecule is CNS(=O)(=O)NCC(C)(O)CCOC. The number of nitrogens with one attached hydrogen (secondary N) is 2. The molecule has 0 aliphatic heterocycles. The maximum Gasteiger partial charge on any atom is 0.276 e. The Morgan fingerprint density at radius 2 is 2.07 bits per heavy atom. The summed E-state index contributed by atoms with van der Waals surface area (Å²) >= 11 is 0. The third kappa shape index (κ3) is 6.28. The second-order valence-corrected chi connectivity index (χ2v) is 4.97. The molecule has 0 fully saturated rings. The molecule has 1 atom stereocenters. The smallest absolute Gasteiger partial charge is 0.276 e. The van der Waals surface area contributed by atoms with Crippen LogP contribution in [-0.4, -0.2) is 46.4 Å². The summed E-state index contributed by atoms with van der Waals surface area (Å²) < 4.78 is 31.0. The standard InChI is InChI=1S/C7H18N2O4S/c1-7(10,4-5-13-3)6-9-14(11,12)8-2/h8-10H,4-6H2,1-3H3. The van der Waals surface area contributed by atoms with E-state index >= 15 is 0 Å². The Bertz CT molecular complexity index is 250. The van der Waals surface area contributed by atoms with E-state index in [1.54, 1.807) is 6.92 Å². The summed E-state index contributed by atoms with van der Waals surface area (Å²) in [5, 5.41) is 9.67. The van der Waals surface area contributed by atoms with Crippen molar-refractivity contribution in [2.24, 2.45) is 0 Å². The fourth-order valence-electron chi connectivity index (χ4n) is 0.733. The van der Waals surface area contributed by atoms with Crippen molar-refractivity contribution in [3.8, 4) is 0 Å². The summed E-state index contributed by atoms with van der Waals surface area (Å²) in [6.07, 6.45) is 0.371. The van der Waals surface area contributed by atoms with Gasteiger partial charge in [0.05, 0.1) is 5.60 Å². The van der Waals surface area contributed by atoms with Crippen molar-refractivity contribution in [2.75, 3.05) is 27.3 Å². The van der Waals surface area contributed by atoms with Crippen molar-refractivity contribution in [3.63, 3.8) is 0 Å². The highest BCUT2D eigenvalue weighted by molar-refractivity contribution is 7.87. The summed E-state index contributed by atoms with van der Waals surface area (Å²) in [5.74, 6) is 0. The van der Waals surface area contributed by atoms with E-state index in [1.165, 1.54) is 14.2 Å². The van der Waals surface area contributed by atoms with Gasteiger partial charge in [-0.2, -0.15) is 13.1 Å². The van der Waals surface area contributed by atoms with Gasteiger partial charge in [-0.05, 0) is 6.92 Å². The molecule has 0 saturated heterocycles. The highest BCUT2D eigenvalue weighted by atomic mass is 32.2. The summed E-state index contributed by atoms with van der Waals surface area (Å²) in [6, 6.07) is 0. The maximum absolute atomic E-state index is 11.0. The molecule has 0 amide bonds. The molecule has 0 saturated carbocycles. The number of hydrogen-bond acceptors (Lipinski definition) is 4. The molecule has 0 heterocycles. The molecule has 0 radical (unpaired) electrons. The molecular formula is C7H18N2O4S. The predicted octanol–water partition coefficient (Wildman–Crippen LogP) is -1.17. The molecule has 14 heavy (non-hydrogen) atoms. The molecule has 1 unspecified atom stereocenters. The molecule has 3 N–H and O–H groups in total. The van der Waals surface area contributed by atoms with E-state index in [0.717, 1.165) is 0 Å². The minimum absolute atomic E-state index is 0.0421. The summed E-state index contributed by atoms with van der Waals surface area (Å²) in [4.78, 5) is 0. The van der Waals surface area contributed by atoms with E-state index in [9.17, 15) is 13.5 Å². The van der Waals surface area contributed by atoms with E-state index < -0.39 is 15.8 Å². The van der Waals surface area contributed by atoms with Crippen molar-refractivity contribution >= 4 is 10.2 Å². The van der Waals surface area contributed by atoms with Crippen LogP contribution in [0.3, 0.4) is 0 Å². The number of rotatable bonds is 7. The van der Waals surface area contributed by atoms with E-state index in [0.29, 0.717) is 13.0 Å². The lowest BCUT2D eigenvalue weighted by Gasteiger charge is -2.22. The molecule has 0 aliphatic carbocycles. The Kier molecular flexibility index (Phi) is 5.53. The van der Waals surface area contributed by atoms with Crippen LogP contribution >= 0.6 is 0 Å². The minimum Gasteiger partial charge on any atom is -0.389 e. The molecular weight excluding hydrogens is 208 g/mol. The first kappa shape index (κ1) is 13.8. The lowest BCUT2D eigenvalue weighted by atomic mass is 10.0. The van der Waals surface area contributed by atoms with Gasteiger partial charge in [0.15, 0.2) is 0 Å². The molecule has 0 spiro atoms. The zero-order chi connectivity index (χ0) is 11.2. The van der Waals surface area contributed by atoms with Crippen molar-refractivity contribution in [1.29, 1.82) is 0 Å². The largest absolute Gasteiger partial charge is 0.389 e. The van der Waals surface area contributed by atoms with Gasteiger partial charge in [0.25, 0.3) is 10.2 Å². The van der Waals surface area contributed by atoms with Crippen LogP contribution in [0.4, 0.5) is 0 Å². The Morgan fingerprint density at radius 1 is 1.50 bits per heavy atom. The van der Waals surface area contributed by atoms with Gasteiger partial charge in [-0.25, -0.2) is 4.72 Å². The fraction of sp³-hybridized carbons (Fsp3) is 1.00. The van der Waals surface area contributed by atoms with Crippen LogP contribution in [0.2, 0.25) is 0 Å². The van der Waals surface area contributed by atoms with Gasteiger partial charge in [0, 0.05) is 33.7 Å². The van der Waals surface area contributed by atoms with Crippen LogP contribution in [0.1, 0.15) is 13.3 Å². The third-order valence-corrected chi connectivity index (χ3v) is 2.82. The van der Waals surface area contributed by atoms with Crippen molar-refractivity contribution < 1.29 is 18.3 Å². The first-order valence-electron chi connectivity index (χ1n) is 4.22. The van der Waals surface area contributed by atoms with Gasteiger partial charge in [-0.15, -0.1) is 0 Å². The number of hydrogen-bond donors (Lipinski definition) is 3. The Balaban J connectivity index is 3.98. The maximum atomic E-state index is 11.0. The number of ether oxygens (including phenoxy) is 1. The van der Waals surface area contributed by atoms with Gasteiger partial charge >= 0.3 is 0 Å². The topological polar surface area (TPSA) is 87.7 Å². The first-order chi connectivity index (χ1) is 6.33. The van der Waals surface area contributed by atoms with Crippen LogP contribution in [0, 0.1) is 0 Å². The average Bonchev–Trinajstić information content (AvgIpc) is 2.12. The van der Waals surface area contributed by atoms with E-state index in [4.69, 9.17) is 4.74 Å². The second-order valence-electron chi connectivity index (χ2n) is 3.27. The lowest BCUT2D eigenvalue weighted by Crippen LogP contribution is -2.44. The summed E-state index contributed by atoms with van der Waals surface area (Å²) in [7, 11) is -0.659. The molecule has 0 rings (SSSR count). The quantitative estimate of drug-likeness (QED) is 0.510. The summed E-state index contributed by atoms with van der Waals surface area (Å²) in [5.41, 5.74) is -1.10. The molecule has 0 aromatic rings.